The molecule has 0 aliphatic rings. The maximum Gasteiger partial charge on any atom is 0.416 e. The molecule has 1 aromatic heterocycles. The molecule has 0 fully saturated rings. The highest BCUT2D eigenvalue weighted by Crippen LogP contribution is 2.36. The predicted molar refractivity (Wildman–Crippen MR) is 76.1 cm³/mol. The monoisotopic (exact) mass is 317 g/mol. The molecule has 0 unspecified atom stereocenters. The molecule has 114 valence electrons. The van der Waals surface area contributed by atoms with Gasteiger partial charge in [-0.1, -0.05) is 25.4 Å². The zero-order valence-corrected chi connectivity index (χ0v) is 12.3. The smallest absolute Gasteiger partial charge is 0.416 e. The molecule has 1 heterocycles. The summed E-state index contributed by atoms with van der Waals surface area (Å²) >= 11 is 5.93. The molecule has 0 spiro atoms. The lowest BCUT2D eigenvalue weighted by atomic mass is 10.1. The average molecular weight is 318 g/mol. The first-order valence-electron chi connectivity index (χ1n) is 6.46. The number of hydrogen-bond donors (Lipinski definition) is 1. The van der Waals surface area contributed by atoms with Crippen molar-refractivity contribution in [3.05, 3.63) is 46.7 Å². The van der Waals surface area contributed by atoms with Crippen LogP contribution in [0.15, 0.2) is 34.7 Å². The Labute approximate surface area is 125 Å². The van der Waals surface area contributed by atoms with Gasteiger partial charge in [0.2, 0.25) is 0 Å². The van der Waals surface area contributed by atoms with Gasteiger partial charge in [0.15, 0.2) is 0 Å². The lowest BCUT2D eigenvalue weighted by molar-refractivity contribution is -0.137. The molecule has 0 bridgehead atoms. The Balaban J connectivity index is 2.23. The number of hydrogen-bond acceptors (Lipinski definition) is 2. The van der Waals surface area contributed by atoms with Crippen LogP contribution in [0.3, 0.4) is 0 Å². The zero-order valence-electron chi connectivity index (χ0n) is 11.6. The fourth-order valence-corrected chi connectivity index (χ4v) is 2.09. The summed E-state index contributed by atoms with van der Waals surface area (Å²) in [6.45, 7) is 4.57. The fraction of sp³-hybridized carbons (Fsp3) is 0.333. The first kappa shape index (κ1) is 15.9. The molecule has 2 nitrogen and oxygen atoms in total. The Kier molecular flexibility index (Phi) is 4.64. The van der Waals surface area contributed by atoms with Crippen molar-refractivity contribution in [1.82, 2.24) is 5.32 Å². The molecule has 0 aliphatic carbocycles. The van der Waals surface area contributed by atoms with Crippen molar-refractivity contribution in [3.63, 3.8) is 0 Å². The summed E-state index contributed by atoms with van der Waals surface area (Å²) < 4.78 is 43.4. The molecule has 2 aromatic rings. The maximum absolute atomic E-state index is 12.6. The highest BCUT2D eigenvalue weighted by molar-refractivity contribution is 6.33. The average Bonchev–Trinajstić information content (AvgIpc) is 2.83. The first-order valence-corrected chi connectivity index (χ1v) is 6.84. The van der Waals surface area contributed by atoms with E-state index in [-0.39, 0.29) is 5.02 Å². The molecule has 21 heavy (non-hydrogen) atoms. The summed E-state index contributed by atoms with van der Waals surface area (Å²) in [6.07, 6.45) is -4.41. The van der Waals surface area contributed by atoms with E-state index in [4.69, 9.17) is 16.0 Å². The van der Waals surface area contributed by atoms with Crippen molar-refractivity contribution in [3.8, 4) is 11.3 Å². The van der Waals surface area contributed by atoms with Gasteiger partial charge in [0.25, 0.3) is 0 Å². The molecule has 0 saturated carbocycles. The van der Waals surface area contributed by atoms with Gasteiger partial charge in [0.05, 0.1) is 17.1 Å². The topological polar surface area (TPSA) is 25.2 Å². The summed E-state index contributed by atoms with van der Waals surface area (Å²) in [4.78, 5) is 0. The van der Waals surface area contributed by atoms with Crippen LogP contribution in [-0.2, 0) is 12.7 Å². The fourth-order valence-electron chi connectivity index (χ4n) is 1.81. The van der Waals surface area contributed by atoms with Crippen LogP contribution >= 0.6 is 11.6 Å². The second kappa shape index (κ2) is 6.12. The minimum absolute atomic E-state index is 0.0162. The molecular formula is C15H15ClF3NO. The van der Waals surface area contributed by atoms with Crippen LogP contribution in [0.4, 0.5) is 13.2 Å². The van der Waals surface area contributed by atoms with E-state index >= 15 is 0 Å². The number of furan rings is 1. The van der Waals surface area contributed by atoms with E-state index in [0.29, 0.717) is 29.7 Å². The first-order chi connectivity index (χ1) is 9.77. The van der Waals surface area contributed by atoms with Gasteiger partial charge >= 0.3 is 6.18 Å². The molecule has 2 rings (SSSR count). The largest absolute Gasteiger partial charge is 0.460 e. The van der Waals surface area contributed by atoms with Crippen molar-refractivity contribution >= 4 is 11.6 Å². The van der Waals surface area contributed by atoms with E-state index < -0.39 is 11.7 Å². The zero-order chi connectivity index (χ0) is 15.6. The van der Waals surface area contributed by atoms with Crippen LogP contribution in [0.2, 0.25) is 5.02 Å². The number of halogens is 4. The Hall–Kier alpha value is -1.46. The Morgan fingerprint density at radius 2 is 1.90 bits per heavy atom. The molecule has 0 radical (unpaired) electrons. The lowest BCUT2D eigenvalue weighted by Crippen LogP contribution is -2.21. The SMILES string of the molecule is CC(C)NCc1ccc(-c2ccc(C(F)(F)F)cc2Cl)o1. The Morgan fingerprint density at radius 1 is 1.19 bits per heavy atom. The third-order valence-electron chi connectivity index (χ3n) is 2.91. The molecule has 0 atom stereocenters. The highest BCUT2D eigenvalue weighted by atomic mass is 35.5. The minimum Gasteiger partial charge on any atom is -0.460 e. The second-order valence-electron chi connectivity index (χ2n) is 4.99. The normalized spacial score (nSPS) is 12.1. The van der Waals surface area contributed by atoms with E-state index in [1.807, 2.05) is 13.8 Å². The highest BCUT2D eigenvalue weighted by Gasteiger charge is 2.31. The van der Waals surface area contributed by atoms with Gasteiger partial charge in [-0.25, -0.2) is 0 Å². The molecule has 0 saturated heterocycles. The molecule has 6 heteroatoms. The molecule has 0 aliphatic heterocycles. The quantitative estimate of drug-likeness (QED) is 0.847. The number of benzene rings is 1. The van der Waals surface area contributed by atoms with Gasteiger partial charge in [-0.2, -0.15) is 13.2 Å². The van der Waals surface area contributed by atoms with Crippen LogP contribution in [0, 0.1) is 0 Å². The Bertz CT molecular complexity index is 620. The summed E-state index contributed by atoms with van der Waals surface area (Å²) in [5.74, 6) is 1.16. The molecule has 1 aromatic carbocycles. The number of rotatable bonds is 4. The summed E-state index contributed by atoms with van der Waals surface area (Å²) in [7, 11) is 0. The van der Waals surface area contributed by atoms with Crippen LogP contribution in [0.25, 0.3) is 11.3 Å². The van der Waals surface area contributed by atoms with E-state index in [9.17, 15) is 13.2 Å². The summed E-state index contributed by atoms with van der Waals surface area (Å²) in [6, 6.07) is 7.02. The molecule has 0 amide bonds. The summed E-state index contributed by atoms with van der Waals surface area (Å²) in [5.41, 5.74) is -0.329. The lowest BCUT2D eigenvalue weighted by Gasteiger charge is -2.09. The minimum atomic E-state index is -4.41. The van der Waals surface area contributed by atoms with Crippen molar-refractivity contribution in [2.24, 2.45) is 0 Å². The molecule has 1 N–H and O–H groups in total. The van der Waals surface area contributed by atoms with Gasteiger partial charge in [-0.3, -0.25) is 0 Å². The van der Waals surface area contributed by atoms with E-state index in [1.165, 1.54) is 6.07 Å². The number of nitrogens with one attached hydrogen (secondary N) is 1. The van der Waals surface area contributed by atoms with Crippen LogP contribution in [0.5, 0.6) is 0 Å². The van der Waals surface area contributed by atoms with Crippen LogP contribution < -0.4 is 5.32 Å². The van der Waals surface area contributed by atoms with Crippen molar-refractivity contribution < 1.29 is 17.6 Å². The van der Waals surface area contributed by atoms with Crippen molar-refractivity contribution in [2.45, 2.75) is 32.6 Å². The summed E-state index contributed by atoms with van der Waals surface area (Å²) in [5, 5.41) is 3.21. The van der Waals surface area contributed by atoms with Crippen molar-refractivity contribution in [2.75, 3.05) is 0 Å². The van der Waals surface area contributed by atoms with Crippen LogP contribution in [-0.4, -0.2) is 6.04 Å². The third-order valence-corrected chi connectivity index (χ3v) is 3.22. The van der Waals surface area contributed by atoms with Crippen LogP contribution in [0.1, 0.15) is 25.2 Å². The predicted octanol–water partition coefficient (Wildman–Crippen LogP) is 5.12. The van der Waals surface area contributed by atoms with E-state index in [2.05, 4.69) is 5.32 Å². The Morgan fingerprint density at radius 3 is 2.48 bits per heavy atom. The van der Waals surface area contributed by atoms with Gasteiger partial charge in [0, 0.05) is 11.6 Å². The standard InChI is InChI=1S/C15H15ClF3NO/c1-9(2)20-8-11-4-6-14(21-11)12-5-3-10(7-13(12)16)15(17,18)19/h3-7,9,20H,8H2,1-2H3. The van der Waals surface area contributed by atoms with E-state index in [0.717, 1.165) is 12.1 Å². The number of alkyl halides is 3. The van der Waals surface area contributed by atoms with Crippen molar-refractivity contribution in [1.29, 1.82) is 0 Å². The third kappa shape index (κ3) is 4.02. The maximum atomic E-state index is 12.6. The van der Waals surface area contributed by atoms with E-state index in [1.54, 1.807) is 12.1 Å². The molecular weight excluding hydrogens is 303 g/mol. The van der Waals surface area contributed by atoms with Gasteiger partial charge < -0.3 is 9.73 Å². The van der Waals surface area contributed by atoms with Gasteiger partial charge in [0.1, 0.15) is 11.5 Å². The van der Waals surface area contributed by atoms with Gasteiger partial charge in [-0.15, -0.1) is 0 Å². The van der Waals surface area contributed by atoms with Gasteiger partial charge in [-0.05, 0) is 30.3 Å². The second-order valence-corrected chi connectivity index (χ2v) is 5.40.